The summed E-state index contributed by atoms with van der Waals surface area (Å²) in [5, 5.41) is 2.06. The maximum Gasteiger partial charge on any atom is 0.203 e. The summed E-state index contributed by atoms with van der Waals surface area (Å²) in [6, 6.07) is 16.3. The summed E-state index contributed by atoms with van der Waals surface area (Å²) in [6.07, 6.45) is 3.60. The topological polar surface area (TPSA) is 53.5 Å². The fourth-order valence-corrected chi connectivity index (χ4v) is 3.97. The van der Waals surface area contributed by atoms with Crippen LogP contribution in [0.25, 0.3) is 33.5 Å². The Bertz CT molecular complexity index is 1080. The minimum atomic E-state index is 0.567. The molecule has 0 N–H and O–H groups in total. The lowest BCUT2D eigenvalue weighted by Gasteiger charge is -2.14. The number of nitrogens with zero attached hydrogens (tertiary/aromatic N) is 2. The van der Waals surface area contributed by atoms with Crippen LogP contribution in [0.2, 0.25) is 0 Å². The number of rotatable bonds is 6. The number of pyridine rings is 1. The molecular weight excluding hydrogens is 384 g/mol. The smallest absolute Gasteiger partial charge is 0.203 e. The summed E-state index contributed by atoms with van der Waals surface area (Å²) in [5.74, 6) is 1.78. The van der Waals surface area contributed by atoms with Crippen LogP contribution in [0.3, 0.4) is 0 Å². The Morgan fingerprint density at radius 2 is 1.28 bits per heavy atom. The Hall–Kier alpha value is -3.38. The highest BCUT2D eigenvalue weighted by Crippen LogP contribution is 2.43. The predicted molar refractivity (Wildman–Crippen MR) is 116 cm³/mol. The van der Waals surface area contributed by atoms with E-state index in [2.05, 4.69) is 39.0 Å². The van der Waals surface area contributed by atoms with Crippen molar-refractivity contribution >= 4 is 11.5 Å². The molecule has 2 heterocycles. The van der Waals surface area contributed by atoms with Crippen LogP contribution in [0.5, 0.6) is 17.2 Å². The second kappa shape index (κ2) is 8.32. The Balaban J connectivity index is 1.74. The van der Waals surface area contributed by atoms with Crippen LogP contribution in [0, 0.1) is 0 Å². The maximum absolute atomic E-state index is 5.49. The molecule has 2 aromatic heterocycles. The van der Waals surface area contributed by atoms with Crippen molar-refractivity contribution in [2.24, 2.45) is 0 Å². The zero-order valence-electron chi connectivity index (χ0n) is 16.4. The van der Waals surface area contributed by atoms with Crippen molar-refractivity contribution < 1.29 is 14.2 Å². The number of benzene rings is 2. The molecule has 0 radical (unpaired) electrons. The van der Waals surface area contributed by atoms with Crippen molar-refractivity contribution in [3.63, 3.8) is 0 Å². The summed E-state index contributed by atoms with van der Waals surface area (Å²) < 4.78 is 21.0. The van der Waals surface area contributed by atoms with Gasteiger partial charge in [0.1, 0.15) is 0 Å². The zero-order valence-corrected chi connectivity index (χ0v) is 17.2. The largest absolute Gasteiger partial charge is 0.493 e. The number of ether oxygens (including phenoxy) is 3. The zero-order chi connectivity index (χ0) is 20.2. The highest BCUT2D eigenvalue weighted by Gasteiger charge is 2.18. The van der Waals surface area contributed by atoms with E-state index in [-0.39, 0.29) is 0 Å². The molecule has 0 fully saturated rings. The summed E-state index contributed by atoms with van der Waals surface area (Å²) in [6.45, 7) is 0. The number of aromatic nitrogens is 2. The van der Waals surface area contributed by atoms with E-state index in [1.165, 1.54) is 11.5 Å². The lowest BCUT2D eigenvalue weighted by Crippen LogP contribution is -1.96. The summed E-state index contributed by atoms with van der Waals surface area (Å²) in [4.78, 5) is 4.08. The molecule has 0 atom stereocenters. The third kappa shape index (κ3) is 3.67. The van der Waals surface area contributed by atoms with E-state index in [1.807, 2.05) is 24.3 Å². The van der Waals surface area contributed by atoms with Crippen LogP contribution < -0.4 is 14.2 Å². The van der Waals surface area contributed by atoms with Gasteiger partial charge in [0.2, 0.25) is 5.75 Å². The van der Waals surface area contributed by atoms with Gasteiger partial charge in [-0.05, 0) is 52.5 Å². The molecule has 5 nitrogen and oxygen atoms in total. The van der Waals surface area contributed by atoms with Gasteiger partial charge in [0.15, 0.2) is 11.5 Å². The van der Waals surface area contributed by atoms with E-state index in [0.717, 1.165) is 33.5 Å². The average Bonchev–Trinajstić information content (AvgIpc) is 3.28. The van der Waals surface area contributed by atoms with Crippen molar-refractivity contribution in [2.75, 3.05) is 21.3 Å². The van der Waals surface area contributed by atoms with Crippen LogP contribution in [0.15, 0.2) is 66.3 Å². The molecule has 0 saturated carbocycles. The van der Waals surface area contributed by atoms with Gasteiger partial charge in [0.05, 0.1) is 27.0 Å². The van der Waals surface area contributed by atoms with E-state index in [9.17, 15) is 0 Å². The summed E-state index contributed by atoms with van der Waals surface area (Å²) in [7, 11) is 4.82. The fraction of sp³-hybridized carbons (Fsp3) is 0.130. The van der Waals surface area contributed by atoms with Crippen molar-refractivity contribution in [3.8, 4) is 50.8 Å². The van der Waals surface area contributed by atoms with E-state index in [1.54, 1.807) is 33.7 Å². The molecule has 4 rings (SSSR count). The molecule has 0 aliphatic carbocycles. The standard InChI is InChI=1S/C23H20N2O3S/c1-26-20-12-18(13-21(27-2)23(20)28-3)22-19(14-29-25-22)17-6-4-15(5-7-17)16-8-10-24-11-9-16/h4-14H,1-3H3. The summed E-state index contributed by atoms with van der Waals surface area (Å²) in [5.41, 5.74) is 6.24. The molecule has 6 heteroatoms. The molecule has 2 aromatic carbocycles. The fourth-order valence-electron chi connectivity index (χ4n) is 3.25. The molecule has 0 aliphatic heterocycles. The molecule has 0 unspecified atom stereocenters. The van der Waals surface area contributed by atoms with Crippen molar-refractivity contribution in [3.05, 3.63) is 66.3 Å². The Labute approximate surface area is 173 Å². The first-order valence-corrected chi connectivity index (χ1v) is 9.84. The monoisotopic (exact) mass is 404 g/mol. The van der Waals surface area contributed by atoms with Crippen molar-refractivity contribution in [1.82, 2.24) is 9.36 Å². The maximum atomic E-state index is 5.49. The Kier molecular flexibility index (Phi) is 5.44. The molecule has 29 heavy (non-hydrogen) atoms. The molecular formula is C23H20N2O3S. The van der Waals surface area contributed by atoms with Gasteiger partial charge in [-0.2, -0.15) is 4.37 Å². The van der Waals surface area contributed by atoms with Crippen LogP contribution in [-0.4, -0.2) is 30.7 Å². The molecule has 0 spiro atoms. The van der Waals surface area contributed by atoms with Gasteiger partial charge in [0.25, 0.3) is 0 Å². The highest BCUT2D eigenvalue weighted by atomic mass is 32.1. The van der Waals surface area contributed by atoms with Gasteiger partial charge in [-0.15, -0.1) is 0 Å². The minimum absolute atomic E-state index is 0.567. The first-order chi connectivity index (χ1) is 14.2. The van der Waals surface area contributed by atoms with Gasteiger partial charge in [0, 0.05) is 28.9 Å². The third-order valence-electron chi connectivity index (χ3n) is 4.72. The number of hydrogen-bond acceptors (Lipinski definition) is 6. The van der Waals surface area contributed by atoms with Crippen LogP contribution in [0.4, 0.5) is 0 Å². The molecule has 4 aromatic rings. The van der Waals surface area contributed by atoms with Crippen molar-refractivity contribution in [2.45, 2.75) is 0 Å². The van der Waals surface area contributed by atoms with Crippen LogP contribution in [0.1, 0.15) is 0 Å². The van der Waals surface area contributed by atoms with Gasteiger partial charge < -0.3 is 14.2 Å². The quantitative estimate of drug-likeness (QED) is 0.421. The lowest BCUT2D eigenvalue weighted by atomic mass is 9.98. The Morgan fingerprint density at radius 3 is 1.86 bits per heavy atom. The summed E-state index contributed by atoms with van der Waals surface area (Å²) >= 11 is 1.42. The van der Waals surface area contributed by atoms with E-state index >= 15 is 0 Å². The molecule has 0 aliphatic rings. The van der Waals surface area contributed by atoms with Crippen LogP contribution in [-0.2, 0) is 0 Å². The third-order valence-corrected chi connectivity index (χ3v) is 5.35. The number of methoxy groups -OCH3 is 3. The molecule has 146 valence electrons. The van der Waals surface area contributed by atoms with Gasteiger partial charge in [-0.1, -0.05) is 24.3 Å². The lowest BCUT2D eigenvalue weighted by molar-refractivity contribution is 0.324. The first-order valence-electron chi connectivity index (χ1n) is 9.00. The number of hydrogen-bond donors (Lipinski definition) is 0. The highest BCUT2D eigenvalue weighted by molar-refractivity contribution is 7.04. The second-order valence-corrected chi connectivity index (χ2v) is 6.93. The molecule has 0 bridgehead atoms. The Morgan fingerprint density at radius 1 is 0.690 bits per heavy atom. The first kappa shape index (κ1) is 19.0. The predicted octanol–water partition coefficient (Wildman–Crippen LogP) is 5.56. The molecule has 0 saturated heterocycles. The second-order valence-electron chi connectivity index (χ2n) is 6.30. The molecule has 0 amide bonds. The van der Waals surface area contributed by atoms with Crippen molar-refractivity contribution in [1.29, 1.82) is 0 Å². The van der Waals surface area contributed by atoms with E-state index in [4.69, 9.17) is 14.2 Å². The van der Waals surface area contributed by atoms with Crippen LogP contribution >= 0.6 is 11.5 Å². The average molecular weight is 404 g/mol. The normalized spacial score (nSPS) is 10.6. The minimum Gasteiger partial charge on any atom is -0.493 e. The van der Waals surface area contributed by atoms with Gasteiger partial charge >= 0.3 is 0 Å². The van der Waals surface area contributed by atoms with E-state index < -0.39 is 0 Å². The van der Waals surface area contributed by atoms with Gasteiger partial charge in [-0.3, -0.25) is 4.98 Å². The van der Waals surface area contributed by atoms with E-state index in [0.29, 0.717) is 17.2 Å². The van der Waals surface area contributed by atoms with Gasteiger partial charge in [-0.25, -0.2) is 0 Å². The SMILES string of the molecule is COc1cc(-c2nscc2-c2ccc(-c3ccncc3)cc2)cc(OC)c1OC.